The van der Waals surface area contributed by atoms with Crippen LogP contribution >= 0.6 is 11.6 Å². The van der Waals surface area contributed by atoms with Crippen LogP contribution < -0.4 is 5.32 Å². The van der Waals surface area contributed by atoms with Crippen LogP contribution in [0.25, 0.3) is 17.1 Å². The van der Waals surface area contributed by atoms with Crippen molar-refractivity contribution in [2.75, 3.05) is 6.54 Å². The maximum atomic E-state index is 12.7. The molecular formula is C19H20ClN3O2. The number of hydrogen-bond acceptors (Lipinski definition) is 3. The lowest BCUT2D eigenvalue weighted by Gasteiger charge is -2.10. The minimum atomic E-state index is -0.189. The Morgan fingerprint density at radius 3 is 2.76 bits per heavy atom. The van der Waals surface area contributed by atoms with E-state index in [4.69, 9.17) is 16.0 Å². The number of para-hydroxylation sites is 1. The van der Waals surface area contributed by atoms with Crippen LogP contribution in [0.1, 0.15) is 30.8 Å². The van der Waals surface area contributed by atoms with Crippen molar-refractivity contribution in [3.8, 4) is 17.1 Å². The molecule has 2 aromatic heterocycles. The molecule has 3 rings (SSSR count). The van der Waals surface area contributed by atoms with Crippen LogP contribution in [0, 0.1) is 5.92 Å². The van der Waals surface area contributed by atoms with Gasteiger partial charge >= 0.3 is 0 Å². The monoisotopic (exact) mass is 357 g/mol. The first-order chi connectivity index (χ1) is 12.1. The summed E-state index contributed by atoms with van der Waals surface area (Å²) in [5.41, 5.74) is 1.65. The molecule has 0 saturated carbocycles. The van der Waals surface area contributed by atoms with Gasteiger partial charge < -0.3 is 9.73 Å². The van der Waals surface area contributed by atoms with Gasteiger partial charge in [-0.1, -0.05) is 37.6 Å². The van der Waals surface area contributed by atoms with E-state index in [0.717, 1.165) is 6.42 Å². The fraction of sp³-hybridized carbons (Fsp3) is 0.263. The summed E-state index contributed by atoms with van der Waals surface area (Å²) in [6.07, 6.45) is 2.49. The van der Waals surface area contributed by atoms with Crippen molar-refractivity contribution >= 4 is 17.5 Å². The molecule has 3 aromatic rings. The first kappa shape index (κ1) is 17.3. The molecule has 0 unspecified atom stereocenters. The standard InChI is InChI=1S/C19H20ClN3O2/c1-13(2)9-10-21-19(24)17-12-15(18-8-5-11-25-18)22-23(17)16-7-4-3-6-14(16)20/h3-8,11-13H,9-10H2,1-2H3,(H,21,24). The van der Waals surface area contributed by atoms with E-state index in [1.54, 1.807) is 35.2 Å². The topological polar surface area (TPSA) is 60.1 Å². The molecule has 130 valence electrons. The van der Waals surface area contributed by atoms with Gasteiger partial charge in [0.05, 0.1) is 17.0 Å². The second-order valence-electron chi connectivity index (χ2n) is 6.19. The molecule has 0 saturated heterocycles. The quantitative estimate of drug-likeness (QED) is 0.703. The Morgan fingerprint density at radius 1 is 1.28 bits per heavy atom. The van der Waals surface area contributed by atoms with Crippen LogP contribution in [0.3, 0.4) is 0 Å². The molecule has 0 radical (unpaired) electrons. The number of carbonyl (C=O) groups excluding carboxylic acids is 1. The predicted octanol–water partition coefficient (Wildman–Crippen LogP) is 4.56. The molecule has 6 heteroatoms. The Morgan fingerprint density at radius 2 is 2.08 bits per heavy atom. The number of nitrogens with one attached hydrogen (secondary N) is 1. The van der Waals surface area contributed by atoms with E-state index in [1.807, 2.05) is 18.2 Å². The van der Waals surface area contributed by atoms with Crippen molar-refractivity contribution < 1.29 is 9.21 Å². The zero-order valence-corrected chi connectivity index (χ0v) is 15.0. The second kappa shape index (κ2) is 7.57. The van der Waals surface area contributed by atoms with E-state index in [2.05, 4.69) is 24.3 Å². The molecule has 1 aromatic carbocycles. The lowest BCUT2D eigenvalue weighted by Crippen LogP contribution is -2.27. The van der Waals surface area contributed by atoms with E-state index >= 15 is 0 Å². The summed E-state index contributed by atoms with van der Waals surface area (Å²) in [6, 6.07) is 12.6. The normalized spacial score (nSPS) is 11.0. The highest BCUT2D eigenvalue weighted by molar-refractivity contribution is 6.32. The lowest BCUT2D eigenvalue weighted by molar-refractivity contribution is 0.0944. The van der Waals surface area contributed by atoms with Gasteiger partial charge in [-0.2, -0.15) is 5.10 Å². The molecule has 0 fully saturated rings. The third-order valence-corrected chi connectivity index (χ3v) is 4.12. The SMILES string of the molecule is CC(C)CCNC(=O)c1cc(-c2ccco2)nn1-c1ccccc1Cl. The van der Waals surface area contributed by atoms with E-state index < -0.39 is 0 Å². The number of furan rings is 1. The maximum Gasteiger partial charge on any atom is 0.270 e. The van der Waals surface area contributed by atoms with Crippen LogP contribution in [0.5, 0.6) is 0 Å². The fourth-order valence-corrected chi connectivity index (χ4v) is 2.68. The van der Waals surface area contributed by atoms with Crippen molar-refractivity contribution in [1.82, 2.24) is 15.1 Å². The highest BCUT2D eigenvalue weighted by Gasteiger charge is 2.19. The third kappa shape index (κ3) is 3.94. The van der Waals surface area contributed by atoms with E-state index in [-0.39, 0.29) is 5.91 Å². The number of benzene rings is 1. The number of carbonyl (C=O) groups is 1. The molecule has 0 bridgehead atoms. The van der Waals surface area contributed by atoms with Gasteiger partial charge in [-0.15, -0.1) is 0 Å². The summed E-state index contributed by atoms with van der Waals surface area (Å²) in [5, 5.41) is 7.99. The van der Waals surface area contributed by atoms with Crippen molar-refractivity contribution in [2.24, 2.45) is 5.92 Å². The Balaban J connectivity index is 1.97. The molecule has 1 amide bonds. The molecular weight excluding hydrogens is 338 g/mol. The van der Waals surface area contributed by atoms with Gasteiger partial charge in [0.2, 0.25) is 0 Å². The summed E-state index contributed by atoms with van der Waals surface area (Å²) in [4.78, 5) is 12.7. The van der Waals surface area contributed by atoms with Gasteiger partial charge in [0.25, 0.3) is 5.91 Å². The molecule has 0 aliphatic carbocycles. The molecule has 0 aliphatic rings. The smallest absolute Gasteiger partial charge is 0.270 e. The number of nitrogens with zero attached hydrogens (tertiary/aromatic N) is 2. The zero-order chi connectivity index (χ0) is 17.8. The van der Waals surface area contributed by atoms with Gasteiger partial charge in [-0.3, -0.25) is 4.79 Å². The molecule has 0 spiro atoms. The first-order valence-corrected chi connectivity index (χ1v) is 8.61. The van der Waals surface area contributed by atoms with Crippen LogP contribution in [-0.4, -0.2) is 22.2 Å². The number of halogens is 1. The fourth-order valence-electron chi connectivity index (χ4n) is 2.46. The van der Waals surface area contributed by atoms with Crippen LogP contribution in [0.2, 0.25) is 5.02 Å². The molecule has 25 heavy (non-hydrogen) atoms. The van der Waals surface area contributed by atoms with Crippen molar-refractivity contribution in [3.63, 3.8) is 0 Å². The van der Waals surface area contributed by atoms with Crippen LogP contribution in [0.4, 0.5) is 0 Å². The summed E-state index contributed by atoms with van der Waals surface area (Å²) < 4.78 is 6.97. The summed E-state index contributed by atoms with van der Waals surface area (Å²) in [7, 11) is 0. The summed E-state index contributed by atoms with van der Waals surface area (Å²) >= 11 is 6.30. The second-order valence-corrected chi connectivity index (χ2v) is 6.60. The average molecular weight is 358 g/mol. The first-order valence-electron chi connectivity index (χ1n) is 8.23. The van der Waals surface area contributed by atoms with Gasteiger partial charge in [0.1, 0.15) is 11.4 Å². The Labute approximate surface area is 151 Å². The lowest BCUT2D eigenvalue weighted by atomic mass is 10.1. The molecule has 1 N–H and O–H groups in total. The highest BCUT2D eigenvalue weighted by atomic mass is 35.5. The minimum Gasteiger partial charge on any atom is -0.463 e. The molecule has 5 nitrogen and oxygen atoms in total. The summed E-state index contributed by atoms with van der Waals surface area (Å²) in [6.45, 7) is 4.85. The van der Waals surface area contributed by atoms with E-state index in [0.29, 0.717) is 40.3 Å². The van der Waals surface area contributed by atoms with Crippen LogP contribution in [0.15, 0.2) is 53.1 Å². The third-order valence-electron chi connectivity index (χ3n) is 3.80. The number of amides is 1. The Hall–Kier alpha value is -2.53. The molecule has 2 heterocycles. The molecule has 0 atom stereocenters. The Bertz CT molecular complexity index is 853. The zero-order valence-electron chi connectivity index (χ0n) is 14.2. The van der Waals surface area contributed by atoms with Crippen molar-refractivity contribution in [2.45, 2.75) is 20.3 Å². The van der Waals surface area contributed by atoms with Gasteiger partial charge in [0, 0.05) is 12.6 Å². The number of hydrogen-bond donors (Lipinski definition) is 1. The maximum absolute atomic E-state index is 12.7. The van der Waals surface area contributed by atoms with Crippen molar-refractivity contribution in [1.29, 1.82) is 0 Å². The summed E-state index contributed by atoms with van der Waals surface area (Å²) in [5.74, 6) is 0.931. The minimum absolute atomic E-state index is 0.189. The van der Waals surface area contributed by atoms with Crippen molar-refractivity contribution in [3.05, 3.63) is 59.4 Å². The number of aromatic nitrogens is 2. The van der Waals surface area contributed by atoms with Crippen LogP contribution in [-0.2, 0) is 0 Å². The Kier molecular flexibility index (Phi) is 5.24. The highest BCUT2D eigenvalue weighted by Crippen LogP contribution is 2.25. The predicted molar refractivity (Wildman–Crippen MR) is 98.1 cm³/mol. The van der Waals surface area contributed by atoms with Gasteiger partial charge in [0.15, 0.2) is 5.76 Å². The van der Waals surface area contributed by atoms with Gasteiger partial charge in [-0.05, 0) is 36.6 Å². The van der Waals surface area contributed by atoms with Gasteiger partial charge in [-0.25, -0.2) is 4.68 Å². The molecule has 0 aliphatic heterocycles. The average Bonchev–Trinajstić information content (AvgIpc) is 3.24. The number of rotatable bonds is 6. The van der Waals surface area contributed by atoms with E-state index in [9.17, 15) is 4.79 Å². The van der Waals surface area contributed by atoms with E-state index in [1.165, 1.54) is 0 Å². The largest absolute Gasteiger partial charge is 0.463 e.